The van der Waals surface area contributed by atoms with Gasteiger partial charge >= 0.3 is 0 Å². The summed E-state index contributed by atoms with van der Waals surface area (Å²) in [5.74, 6) is 7.62. The zero-order chi connectivity index (χ0) is 53.3. The summed E-state index contributed by atoms with van der Waals surface area (Å²) in [5.41, 5.74) is -0.395. The first-order chi connectivity index (χ1) is 37.1. The van der Waals surface area contributed by atoms with Crippen LogP contribution >= 0.6 is 0 Å². The predicted octanol–water partition coefficient (Wildman–Crippen LogP) is 5.40. The quantitative estimate of drug-likeness (QED) is 0.0609. The Kier molecular flexibility index (Phi) is 12.4. The molecular weight excluding hydrogens is 985 g/mol. The Bertz CT molecular complexity index is 3440. The van der Waals surface area contributed by atoms with Crippen molar-refractivity contribution in [3.05, 3.63) is 93.7 Å². The molecule has 2 saturated heterocycles. The molecular formula is C60H68N4O13. The Morgan fingerprint density at radius 3 is 2.52 bits per heavy atom. The Balaban J connectivity index is 1.04. The summed E-state index contributed by atoms with van der Waals surface area (Å²) in [6.07, 6.45) is 3.18. The van der Waals surface area contributed by atoms with Crippen LogP contribution in [0.5, 0.6) is 17.2 Å². The highest BCUT2D eigenvalue weighted by Gasteiger charge is 2.66. The summed E-state index contributed by atoms with van der Waals surface area (Å²) in [4.78, 5) is 44.6. The molecule has 406 valence electrons. The van der Waals surface area contributed by atoms with Gasteiger partial charge < -0.3 is 65.1 Å². The molecule has 6 aromatic rings. The van der Waals surface area contributed by atoms with Crippen LogP contribution < -0.4 is 20.8 Å². The number of hydrogen-bond donors (Lipinski definition) is 10. The number of benzene rings is 3. The van der Waals surface area contributed by atoms with Crippen LogP contribution in [0.2, 0.25) is 0 Å². The van der Waals surface area contributed by atoms with E-state index in [1.54, 1.807) is 6.92 Å². The van der Waals surface area contributed by atoms with Gasteiger partial charge in [0.2, 0.25) is 5.91 Å². The first kappa shape index (κ1) is 50.6. The van der Waals surface area contributed by atoms with E-state index in [1.807, 2.05) is 24.5 Å². The Morgan fingerprint density at radius 2 is 1.74 bits per heavy atom. The number of ether oxygens (including phenoxy) is 1. The maximum absolute atomic E-state index is 14.3. The van der Waals surface area contributed by atoms with Crippen molar-refractivity contribution in [2.75, 3.05) is 13.2 Å². The van der Waals surface area contributed by atoms with Crippen molar-refractivity contribution < 1.29 is 59.5 Å². The van der Waals surface area contributed by atoms with Crippen molar-refractivity contribution in [1.82, 2.24) is 20.2 Å². The lowest BCUT2D eigenvalue weighted by atomic mass is 9.48. The molecule has 17 heteroatoms. The highest BCUT2D eigenvalue weighted by Crippen LogP contribution is 2.62. The molecule has 13 rings (SSSR count). The van der Waals surface area contributed by atoms with E-state index >= 15 is 0 Å². The molecule has 4 aliphatic heterocycles. The average Bonchev–Trinajstić information content (AvgIpc) is 4.39. The van der Waals surface area contributed by atoms with Crippen molar-refractivity contribution in [2.24, 2.45) is 35.5 Å². The standard InChI is InChI=1S/C60H68N4O13/c1-3-45-38-13-16-61-44(38)28-64(45)53-55-34(19-41-47(68)17-30(2)74-56(41)53)21-50-60(75-55)26-42(35-22-51(70)62-27-35)33-18-40-31(24-58(14-4-5-15-58)63-52(40)43(60)20-33)7-6-8-49(76-77-50)59(73,57(72)54(71)48(69)29-65)25-32-9-12-46(67)37-11-10-36(66)23-39(32)37/h9-13,16-17,19,23,28,31,33,35,40,42-43,48-50,52,54,57,61,63,65-67,69,71-73H,3-5,7,14-15,18,20-22,24-27,29H2,1-2H3,(H,62,70)/t31-,33-,35-,40+,42+,43-,48-,49-,50-,52-,54-,57+,59+,60+/m1/s1. The lowest BCUT2D eigenvalue weighted by Crippen LogP contribution is -2.73. The van der Waals surface area contributed by atoms with Gasteiger partial charge in [-0.1, -0.05) is 31.8 Å². The molecule has 10 N–H and O–H groups in total. The number of piperidine rings is 1. The summed E-state index contributed by atoms with van der Waals surface area (Å²) in [7, 11) is 0. The fraction of sp³-hybridized carbons (Fsp3) is 0.533. The third-order valence-corrected chi connectivity index (χ3v) is 19.6. The molecule has 3 saturated carbocycles. The maximum atomic E-state index is 14.3. The third kappa shape index (κ3) is 8.11. The molecule has 0 radical (unpaired) electrons. The molecule has 3 aromatic carbocycles. The van der Waals surface area contributed by atoms with Crippen molar-refractivity contribution in [1.29, 1.82) is 0 Å². The number of amides is 1. The van der Waals surface area contributed by atoms with Crippen molar-refractivity contribution in [2.45, 2.75) is 151 Å². The van der Waals surface area contributed by atoms with Crippen molar-refractivity contribution >= 4 is 38.6 Å². The monoisotopic (exact) mass is 1050 g/mol. The first-order valence-electron chi connectivity index (χ1n) is 27.7. The van der Waals surface area contributed by atoms with Crippen molar-refractivity contribution in [3.63, 3.8) is 0 Å². The van der Waals surface area contributed by atoms with E-state index in [2.05, 4.69) is 38.9 Å². The average molecular weight is 1050 g/mol. The molecule has 1 amide bonds. The van der Waals surface area contributed by atoms with Gasteiger partial charge in [-0.3, -0.25) is 9.59 Å². The number of carbonyl (C=O) groups excluding carboxylic acids is 1. The number of aromatic nitrogens is 2. The lowest BCUT2D eigenvalue weighted by molar-refractivity contribution is -0.397. The van der Waals surface area contributed by atoms with Crippen molar-refractivity contribution in [3.8, 4) is 34.8 Å². The highest BCUT2D eigenvalue weighted by atomic mass is 17.2. The lowest BCUT2D eigenvalue weighted by Gasteiger charge is -2.64. The second-order valence-corrected chi connectivity index (χ2v) is 23.9. The zero-order valence-electron chi connectivity index (χ0n) is 43.3. The van der Waals surface area contributed by atoms with Crippen LogP contribution in [-0.2, 0) is 33.8 Å². The molecule has 17 nitrogen and oxygen atoms in total. The normalized spacial score (nSPS) is 31.3. The van der Waals surface area contributed by atoms with Crippen LogP contribution in [0.4, 0.5) is 0 Å². The van der Waals surface area contributed by atoms with Crippen LogP contribution in [-0.4, -0.2) is 118 Å². The van der Waals surface area contributed by atoms with Crippen LogP contribution in [0.15, 0.2) is 70.1 Å². The van der Waals surface area contributed by atoms with Gasteiger partial charge in [0.25, 0.3) is 0 Å². The number of phenolic OH excluding ortho intramolecular Hbond substituents is 2. The van der Waals surface area contributed by atoms with Gasteiger partial charge in [-0.05, 0) is 129 Å². The summed E-state index contributed by atoms with van der Waals surface area (Å²) >= 11 is 0. The molecule has 3 aliphatic carbocycles. The van der Waals surface area contributed by atoms with E-state index in [9.17, 15) is 45.3 Å². The zero-order valence-corrected chi connectivity index (χ0v) is 43.3. The van der Waals surface area contributed by atoms with Gasteiger partial charge in [-0.25, -0.2) is 9.78 Å². The van der Waals surface area contributed by atoms with Gasteiger partial charge in [-0.15, -0.1) is 5.92 Å². The maximum Gasteiger partial charge on any atom is 0.220 e. The predicted molar refractivity (Wildman–Crippen MR) is 283 cm³/mol. The van der Waals surface area contributed by atoms with E-state index in [0.717, 1.165) is 61.5 Å². The highest BCUT2D eigenvalue weighted by molar-refractivity contribution is 5.93. The topological polar surface area (TPSA) is 261 Å². The second-order valence-electron chi connectivity index (χ2n) is 23.9. The minimum absolute atomic E-state index is 0.000272. The number of nitrogens with one attached hydrogen (secondary N) is 3. The molecule has 5 fully saturated rings. The number of H-pyrrole nitrogens is 1. The minimum atomic E-state index is -2.62. The largest absolute Gasteiger partial charge is 0.508 e. The number of aryl methyl sites for hydroxylation is 2. The van der Waals surface area contributed by atoms with Gasteiger partial charge in [0.15, 0.2) is 22.9 Å². The molecule has 2 spiro atoms. The Hall–Kier alpha value is -5.94. The van der Waals surface area contributed by atoms with Crippen LogP contribution in [0.25, 0.3) is 38.3 Å². The SMILES string of the molecule is CCc1c2cc[nH]c2cn1-c1c2c(cc3c(=O)cc(C)oc13)C[C@H]1OO[C@@H]([C@@](O)(Cc3ccc(O)c4ccc(O)cc34)[C@@H](O)[C@H](O)[C@H](O)CO)C#CC[C@@H]3CC4(CCCC4)N[C@@H]4[C@H]3C[C@@H]3C[C@H]4[C@]1(C[C@@H]3[C@H]1CNC(=O)C1)O2. The number of nitrogens with zero attached hydrogens (tertiary/aromatic N) is 1. The second kappa shape index (κ2) is 18.9. The molecule has 5 bridgehead atoms. The van der Waals surface area contributed by atoms with Crippen LogP contribution in [0.3, 0.4) is 0 Å². The number of rotatable bonds is 10. The summed E-state index contributed by atoms with van der Waals surface area (Å²) in [5, 5.41) is 89.6. The molecule has 0 unspecified atom stereocenters. The molecule has 7 aliphatic rings. The van der Waals surface area contributed by atoms with Crippen LogP contribution in [0.1, 0.15) is 93.7 Å². The van der Waals surface area contributed by atoms with E-state index < -0.39 is 54.7 Å². The number of aliphatic hydroxyl groups is 5. The third-order valence-electron chi connectivity index (χ3n) is 19.6. The fourth-order valence-corrected chi connectivity index (χ4v) is 16.0. The fourth-order valence-electron chi connectivity index (χ4n) is 16.0. The van der Waals surface area contributed by atoms with E-state index in [1.165, 1.54) is 36.4 Å². The van der Waals surface area contributed by atoms with E-state index in [-0.39, 0.29) is 76.3 Å². The Labute approximate surface area is 444 Å². The molecule has 7 heterocycles. The molecule has 3 aromatic heterocycles. The number of carbonyl (C=O) groups is 1. The number of aromatic amines is 1. The minimum Gasteiger partial charge on any atom is -0.508 e. The van der Waals surface area contributed by atoms with Gasteiger partial charge in [-0.2, -0.15) is 0 Å². The first-order valence-corrected chi connectivity index (χ1v) is 27.7. The summed E-state index contributed by atoms with van der Waals surface area (Å²) in [6.45, 7) is 3.44. The Morgan fingerprint density at radius 1 is 0.909 bits per heavy atom. The summed E-state index contributed by atoms with van der Waals surface area (Å²) in [6, 6.07) is 12.6. The van der Waals surface area contributed by atoms with E-state index in [0.29, 0.717) is 82.3 Å². The van der Waals surface area contributed by atoms with Gasteiger partial charge in [0.05, 0.1) is 17.5 Å². The van der Waals surface area contributed by atoms with Crippen LogP contribution in [0, 0.1) is 54.3 Å². The van der Waals surface area contributed by atoms with E-state index in [4.69, 9.17) is 18.9 Å². The number of aromatic hydroxyl groups is 2. The number of fused-ring (bicyclic) bond motifs is 5. The number of hydrogen-bond acceptors (Lipinski definition) is 14. The molecule has 14 atom stereocenters. The number of aliphatic hydroxyl groups excluding tert-OH is 4. The molecule has 77 heavy (non-hydrogen) atoms. The summed E-state index contributed by atoms with van der Waals surface area (Å²) < 4.78 is 16.8. The van der Waals surface area contributed by atoms with Gasteiger partial charge in [0, 0.05) is 90.2 Å². The number of phenols is 2. The van der Waals surface area contributed by atoms with Gasteiger partial charge in [0.1, 0.15) is 58.6 Å². The smallest absolute Gasteiger partial charge is 0.220 e.